The summed E-state index contributed by atoms with van der Waals surface area (Å²) in [6, 6.07) is 16.2. The van der Waals surface area contributed by atoms with Crippen LogP contribution in [0.4, 0.5) is 5.69 Å². The van der Waals surface area contributed by atoms with E-state index in [-0.39, 0.29) is 17.7 Å². The Morgan fingerprint density at radius 3 is 2.41 bits per heavy atom. The number of Topliss-reactive ketones (excluding diaryl/α,β-unsaturated/α-hetero) is 1. The first-order valence-electron chi connectivity index (χ1n) is 10.7. The van der Waals surface area contributed by atoms with Gasteiger partial charge in [0, 0.05) is 10.0 Å². The molecule has 0 spiro atoms. The molecule has 5 N–H and O–H groups in total. The molecule has 1 amide bonds. The van der Waals surface area contributed by atoms with Crippen molar-refractivity contribution in [1.29, 1.82) is 0 Å². The summed E-state index contributed by atoms with van der Waals surface area (Å²) in [6.07, 6.45) is 1.54. The highest BCUT2D eigenvalue weighted by atomic mass is 79.9. The second-order valence-electron chi connectivity index (χ2n) is 7.63. The van der Waals surface area contributed by atoms with E-state index in [4.69, 9.17) is 11.5 Å². The Bertz CT molecular complexity index is 1240. The number of carbonyl (C=O) groups excluding carboxylic acids is 4. The third-order valence-electron chi connectivity index (χ3n) is 5.14. The minimum absolute atomic E-state index is 0.100. The number of nitrogens with one attached hydrogen (secondary N) is 1. The average molecular weight is 526 g/mol. The summed E-state index contributed by atoms with van der Waals surface area (Å²) in [7, 11) is 0. The van der Waals surface area contributed by atoms with E-state index < -0.39 is 29.7 Å². The number of carbonyl (C=O) groups is 4. The average Bonchev–Trinajstić information content (AvgIpc) is 2.84. The largest absolute Gasteiger partial charge is 0.387 e. The normalized spacial score (nSPS) is 11.6. The quantitative estimate of drug-likeness (QED) is 0.127. The molecule has 1 unspecified atom stereocenters. The molecule has 3 aromatic carbocycles. The van der Waals surface area contributed by atoms with Crippen LogP contribution in [0.5, 0.6) is 0 Å². The molecular formula is C25H24BrN3O5. The van der Waals surface area contributed by atoms with Crippen LogP contribution in [0.25, 0.3) is 10.8 Å². The molecule has 0 saturated heterocycles. The number of esters is 2. The van der Waals surface area contributed by atoms with Crippen molar-refractivity contribution in [3.8, 4) is 0 Å². The molecule has 3 aromatic rings. The second kappa shape index (κ2) is 11.6. The van der Waals surface area contributed by atoms with E-state index in [0.29, 0.717) is 29.4 Å². The van der Waals surface area contributed by atoms with E-state index in [1.807, 2.05) is 30.3 Å². The van der Waals surface area contributed by atoms with Crippen molar-refractivity contribution < 1.29 is 23.9 Å². The lowest BCUT2D eigenvalue weighted by Gasteiger charge is -2.12. The van der Waals surface area contributed by atoms with Gasteiger partial charge >= 0.3 is 11.9 Å². The van der Waals surface area contributed by atoms with Gasteiger partial charge in [0.2, 0.25) is 0 Å². The minimum Gasteiger partial charge on any atom is -0.386 e. The standard InChI is InChI=1S/C25H24BrN3O5/c26-18-10-11-21(29-23(31)17-9-8-15-5-1-2-6-16(15)13-17)19(14-18)22(30)25(33)34-24(32)20(28)7-3-4-12-27/h1-2,5-6,8-11,13-14,20H,3-4,7,12,27-28H2,(H,29,31). The van der Waals surface area contributed by atoms with Crippen molar-refractivity contribution in [1.82, 2.24) is 0 Å². The number of benzene rings is 3. The minimum atomic E-state index is -1.38. The first kappa shape index (κ1) is 25.2. The van der Waals surface area contributed by atoms with Crippen LogP contribution in [0.15, 0.2) is 65.1 Å². The van der Waals surface area contributed by atoms with Gasteiger partial charge in [-0.3, -0.25) is 9.59 Å². The molecule has 0 aliphatic carbocycles. The number of amides is 1. The molecule has 0 fully saturated rings. The molecule has 9 heteroatoms. The molecule has 1 atom stereocenters. The molecule has 0 saturated carbocycles. The van der Waals surface area contributed by atoms with Crippen LogP contribution in [0.2, 0.25) is 0 Å². The number of unbranched alkanes of at least 4 members (excludes halogenated alkanes) is 1. The lowest BCUT2D eigenvalue weighted by atomic mass is 10.1. The van der Waals surface area contributed by atoms with Crippen LogP contribution in [0.1, 0.15) is 40.0 Å². The first-order valence-corrected chi connectivity index (χ1v) is 11.4. The van der Waals surface area contributed by atoms with E-state index >= 15 is 0 Å². The maximum absolute atomic E-state index is 12.8. The highest BCUT2D eigenvalue weighted by Crippen LogP contribution is 2.24. The van der Waals surface area contributed by atoms with Crippen LogP contribution in [0.3, 0.4) is 0 Å². The Balaban J connectivity index is 1.75. The predicted molar refractivity (Wildman–Crippen MR) is 132 cm³/mol. The maximum atomic E-state index is 12.8. The van der Waals surface area contributed by atoms with Crippen LogP contribution in [-0.2, 0) is 14.3 Å². The van der Waals surface area contributed by atoms with Gasteiger partial charge in [-0.05, 0) is 60.5 Å². The molecule has 176 valence electrons. The smallest absolute Gasteiger partial charge is 0.386 e. The van der Waals surface area contributed by atoms with Crippen LogP contribution >= 0.6 is 15.9 Å². The Morgan fingerprint density at radius 1 is 0.941 bits per heavy atom. The van der Waals surface area contributed by atoms with Crippen molar-refractivity contribution >= 4 is 56.0 Å². The van der Waals surface area contributed by atoms with Crippen LogP contribution in [0, 0.1) is 0 Å². The Hall–Kier alpha value is -3.40. The molecule has 0 aromatic heterocycles. The SMILES string of the molecule is NCCCCC(N)C(=O)OC(=O)C(=O)c1cc(Br)ccc1NC(=O)c1ccc2ccccc2c1. The number of rotatable bonds is 9. The van der Waals surface area contributed by atoms with Crippen molar-refractivity contribution in [2.24, 2.45) is 11.5 Å². The molecule has 34 heavy (non-hydrogen) atoms. The molecule has 0 aliphatic rings. The van der Waals surface area contributed by atoms with Crippen molar-refractivity contribution in [2.75, 3.05) is 11.9 Å². The lowest BCUT2D eigenvalue weighted by molar-refractivity contribution is -0.157. The van der Waals surface area contributed by atoms with Gasteiger partial charge in [-0.15, -0.1) is 0 Å². The van der Waals surface area contributed by atoms with E-state index in [0.717, 1.165) is 10.8 Å². The van der Waals surface area contributed by atoms with Crippen molar-refractivity contribution in [2.45, 2.75) is 25.3 Å². The summed E-state index contributed by atoms with van der Waals surface area (Å²) in [6.45, 7) is 0.454. The van der Waals surface area contributed by atoms with E-state index in [1.165, 1.54) is 12.1 Å². The number of anilines is 1. The fraction of sp³-hybridized carbons (Fsp3) is 0.200. The van der Waals surface area contributed by atoms with Gasteiger partial charge in [-0.1, -0.05) is 52.7 Å². The van der Waals surface area contributed by atoms with E-state index in [9.17, 15) is 19.2 Å². The predicted octanol–water partition coefficient (Wildman–Crippen LogP) is 3.56. The fourth-order valence-electron chi connectivity index (χ4n) is 3.29. The summed E-state index contributed by atoms with van der Waals surface area (Å²) in [5.74, 6) is -3.92. The summed E-state index contributed by atoms with van der Waals surface area (Å²) >= 11 is 3.25. The molecule has 0 aliphatic heterocycles. The van der Waals surface area contributed by atoms with E-state index in [2.05, 4.69) is 26.0 Å². The van der Waals surface area contributed by atoms with Gasteiger partial charge in [0.25, 0.3) is 11.7 Å². The molecule has 8 nitrogen and oxygen atoms in total. The van der Waals surface area contributed by atoms with Gasteiger partial charge in [0.1, 0.15) is 6.04 Å². The second-order valence-corrected chi connectivity index (χ2v) is 8.55. The highest BCUT2D eigenvalue weighted by Gasteiger charge is 2.27. The zero-order valence-electron chi connectivity index (χ0n) is 18.3. The van der Waals surface area contributed by atoms with Gasteiger partial charge in [-0.2, -0.15) is 0 Å². The van der Waals surface area contributed by atoms with Gasteiger partial charge in [0.05, 0.1) is 11.3 Å². The monoisotopic (exact) mass is 525 g/mol. The lowest BCUT2D eigenvalue weighted by Crippen LogP contribution is -2.35. The highest BCUT2D eigenvalue weighted by molar-refractivity contribution is 9.10. The summed E-state index contributed by atoms with van der Waals surface area (Å²) in [5.41, 5.74) is 11.5. The molecule has 0 heterocycles. The fourth-order valence-corrected chi connectivity index (χ4v) is 3.65. The molecule has 3 rings (SSSR count). The van der Waals surface area contributed by atoms with Crippen molar-refractivity contribution in [3.05, 3.63) is 76.3 Å². The third-order valence-corrected chi connectivity index (χ3v) is 5.63. The van der Waals surface area contributed by atoms with Crippen LogP contribution in [-0.4, -0.2) is 36.2 Å². The number of fused-ring (bicyclic) bond motifs is 1. The van der Waals surface area contributed by atoms with Crippen LogP contribution < -0.4 is 16.8 Å². The number of halogens is 1. The van der Waals surface area contributed by atoms with E-state index in [1.54, 1.807) is 18.2 Å². The topological polar surface area (TPSA) is 142 Å². The van der Waals surface area contributed by atoms with Gasteiger partial charge in [-0.25, -0.2) is 9.59 Å². The Kier molecular flexibility index (Phi) is 8.64. The number of ketones is 1. The van der Waals surface area contributed by atoms with Gasteiger partial charge < -0.3 is 21.5 Å². The number of nitrogens with two attached hydrogens (primary N) is 2. The van der Waals surface area contributed by atoms with Gasteiger partial charge in [0.15, 0.2) is 0 Å². The number of hydrogen-bond donors (Lipinski definition) is 3. The molecule has 0 bridgehead atoms. The Morgan fingerprint density at radius 2 is 1.68 bits per heavy atom. The Labute approximate surface area is 204 Å². The summed E-state index contributed by atoms with van der Waals surface area (Å²) in [4.78, 5) is 50.1. The number of ether oxygens (including phenoxy) is 1. The van der Waals surface area contributed by atoms with Crippen molar-refractivity contribution in [3.63, 3.8) is 0 Å². The maximum Gasteiger partial charge on any atom is 0.387 e. The molecule has 0 radical (unpaired) electrons. The zero-order chi connectivity index (χ0) is 24.7. The summed E-state index contributed by atoms with van der Waals surface area (Å²) in [5, 5.41) is 4.52. The third kappa shape index (κ3) is 6.34. The zero-order valence-corrected chi connectivity index (χ0v) is 19.8. The number of hydrogen-bond acceptors (Lipinski definition) is 7. The summed E-state index contributed by atoms with van der Waals surface area (Å²) < 4.78 is 5.18. The molecular weight excluding hydrogens is 502 g/mol. The first-order chi connectivity index (χ1) is 16.3.